The molecule has 3 atom stereocenters. The van der Waals surface area contributed by atoms with E-state index in [1.807, 2.05) is 0 Å². The number of aliphatic hydroxyl groups is 3. The summed E-state index contributed by atoms with van der Waals surface area (Å²) in [6.07, 6.45) is -2.11. The molecule has 1 aromatic heterocycles. The Balaban J connectivity index is 2.05. The fraction of sp³-hybridized carbons (Fsp3) is 0.400. The number of aryl methyl sites for hydroxylation is 1. The number of aliphatic hydroxyl groups excluding tert-OH is 2. The first-order valence-electron chi connectivity index (χ1n) is 10.5. The van der Waals surface area contributed by atoms with Crippen LogP contribution in [-0.2, 0) is 6.42 Å². The van der Waals surface area contributed by atoms with Crippen molar-refractivity contribution in [3.8, 4) is 11.5 Å². The minimum absolute atomic E-state index is 0.0160. The minimum Gasteiger partial charge on any atom is -0.507 e. The van der Waals surface area contributed by atoms with Gasteiger partial charge in [-0.15, -0.1) is 0 Å². The van der Waals surface area contributed by atoms with Crippen LogP contribution in [0.3, 0.4) is 0 Å². The predicted molar refractivity (Wildman–Crippen MR) is 121 cm³/mol. The van der Waals surface area contributed by atoms with E-state index in [9.17, 15) is 25.2 Å². The molecule has 0 saturated heterocycles. The minimum atomic E-state index is -1.37. The van der Waals surface area contributed by atoms with Crippen LogP contribution in [0, 0.1) is 12.8 Å². The van der Waals surface area contributed by atoms with E-state index >= 15 is 0 Å². The lowest BCUT2D eigenvalue weighted by atomic mass is 9.85. The molecular formula is C25H28O7. The van der Waals surface area contributed by atoms with Crippen LogP contribution < -0.4 is 10.2 Å². The lowest BCUT2D eigenvalue weighted by Crippen LogP contribution is -2.37. The van der Waals surface area contributed by atoms with Gasteiger partial charge in [-0.25, -0.2) is 0 Å². The SMILES string of the molecule is C=C(C)[C@H]1COc2c(C)cc3oc4c(C[C@H](O)C(C)(C)O)ccc(O)c4c(=O)c3c2[C@@H]1O. The Morgan fingerprint density at radius 2 is 2.00 bits per heavy atom. The molecule has 170 valence electrons. The van der Waals surface area contributed by atoms with Gasteiger partial charge in [0, 0.05) is 17.9 Å². The Bertz CT molecular complexity index is 1300. The smallest absolute Gasteiger partial charge is 0.204 e. The fourth-order valence-corrected chi connectivity index (χ4v) is 4.26. The van der Waals surface area contributed by atoms with Crippen LogP contribution in [0.1, 0.15) is 43.6 Å². The van der Waals surface area contributed by atoms with Gasteiger partial charge in [-0.3, -0.25) is 4.79 Å². The summed E-state index contributed by atoms with van der Waals surface area (Å²) in [5.41, 5.74) is 0.743. The highest BCUT2D eigenvalue weighted by molar-refractivity contribution is 5.97. The number of phenols is 1. The molecule has 0 bridgehead atoms. The average molecular weight is 440 g/mol. The molecule has 0 aliphatic carbocycles. The third-order valence-corrected chi connectivity index (χ3v) is 6.30. The van der Waals surface area contributed by atoms with Crippen molar-refractivity contribution >= 4 is 21.9 Å². The molecule has 0 saturated carbocycles. The van der Waals surface area contributed by atoms with E-state index in [2.05, 4.69) is 6.58 Å². The molecule has 0 amide bonds. The number of ether oxygens (including phenoxy) is 1. The highest BCUT2D eigenvalue weighted by Crippen LogP contribution is 2.44. The van der Waals surface area contributed by atoms with Crippen molar-refractivity contribution in [3.05, 3.63) is 57.3 Å². The number of rotatable bonds is 4. The first kappa shape index (κ1) is 22.3. The summed E-state index contributed by atoms with van der Waals surface area (Å²) < 4.78 is 12.0. The third kappa shape index (κ3) is 3.46. The first-order chi connectivity index (χ1) is 14.9. The summed E-state index contributed by atoms with van der Waals surface area (Å²) in [6.45, 7) is 10.7. The van der Waals surface area contributed by atoms with Gasteiger partial charge in [0.15, 0.2) is 0 Å². The second kappa shape index (κ2) is 7.62. The number of fused-ring (bicyclic) bond motifs is 4. The average Bonchev–Trinajstić information content (AvgIpc) is 2.69. The first-order valence-corrected chi connectivity index (χ1v) is 10.5. The van der Waals surface area contributed by atoms with Crippen LogP contribution in [0.4, 0.5) is 0 Å². The van der Waals surface area contributed by atoms with Crippen LogP contribution >= 0.6 is 0 Å². The van der Waals surface area contributed by atoms with E-state index in [-0.39, 0.29) is 46.6 Å². The Morgan fingerprint density at radius 1 is 1.31 bits per heavy atom. The lowest BCUT2D eigenvalue weighted by Gasteiger charge is -2.32. The van der Waals surface area contributed by atoms with Crippen LogP contribution in [0.5, 0.6) is 11.5 Å². The van der Waals surface area contributed by atoms with E-state index in [1.165, 1.54) is 19.9 Å². The van der Waals surface area contributed by atoms with Crippen LogP contribution in [0.25, 0.3) is 21.9 Å². The highest BCUT2D eigenvalue weighted by atomic mass is 16.5. The molecular weight excluding hydrogens is 412 g/mol. The Kier molecular flexibility index (Phi) is 5.32. The van der Waals surface area contributed by atoms with Gasteiger partial charge < -0.3 is 29.6 Å². The molecule has 7 nitrogen and oxygen atoms in total. The zero-order valence-corrected chi connectivity index (χ0v) is 18.6. The molecule has 0 fully saturated rings. The largest absolute Gasteiger partial charge is 0.507 e. The summed E-state index contributed by atoms with van der Waals surface area (Å²) >= 11 is 0. The predicted octanol–water partition coefficient (Wildman–Crippen LogP) is 3.25. The molecule has 32 heavy (non-hydrogen) atoms. The summed E-state index contributed by atoms with van der Waals surface area (Å²) in [6, 6.07) is 4.59. The van der Waals surface area contributed by atoms with Crippen molar-refractivity contribution in [1.82, 2.24) is 0 Å². The molecule has 0 unspecified atom stereocenters. The van der Waals surface area contributed by atoms with Gasteiger partial charge in [-0.05, 0) is 51.0 Å². The van der Waals surface area contributed by atoms with Crippen molar-refractivity contribution < 1.29 is 29.6 Å². The van der Waals surface area contributed by atoms with Crippen LogP contribution in [0.2, 0.25) is 0 Å². The molecule has 4 rings (SSSR count). The Morgan fingerprint density at radius 3 is 2.62 bits per heavy atom. The lowest BCUT2D eigenvalue weighted by molar-refractivity contribution is -0.0468. The number of aromatic hydroxyl groups is 1. The normalized spacial score (nSPS) is 19.6. The molecule has 1 aliphatic heterocycles. The second-order valence-electron chi connectivity index (χ2n) is 9.27. The van der Waals surface area contributed by atoms with E-state index in [1.54, 1.807) is 26.0 Å². The topological polar surface area (TPSA) is 120 Å². The van der Waals surface area contributed by atoms with Gasteiger partial charge in [0.25, 0.3) is 0 Å². The molecule has 2 heterocycles. The maximum absolute atomic E-state index is 13.6. The van der Waals surface area contributed by atoms with E-state index in [0.29, 0.717) is 22.4 Å². The quantitative estimate of drug-likeness (QED) is 0.363. The number of phenolic OH excluding ortho intramolecular Hbond substituents is 1. The number of hydrogen-bond acceptors (Lipinski definition) is 7. The Labute approximate surface area is 185 Å². The van der Waals surface area contributed by atoms with E-state index in [0.717, 1.165) is 5.57 Å². The highest BCUT2D eigenvalue weighted by Gasteiger charge is 2.35. The molecule has 3 aromatic rings. The van der Waals surface area contributed by atoms with E-state index < -0.39 is 23.2 Å². The van der Waals surface area contributed by atoms with Crippen molar-refractivity contribution in [1.29, 1.82) is 0 Å². The van der Waals surface area contributed by atoms with Crippen molar-refractivity contribution in [2.45, 2.75) is 51.9 Å². The molecule has 1 aliphatic rings. The second-order valence-corrected chi connectivity index (χ2v) is 9.27. The summed E-state index contributed by atoms with van der Waals surface area (Å²) in [4.78, 5) is 13.6. The Hall–Kier alpha value is -2.87. The fourth-order valence-electron chi connectivity index (χ4n) is 4.26. The molecule has 7 heteroatoms. The zero-order chi connectivity index (χ0) is 23.5. The molecule has 2 aromatic carbocycles. The molecule has 0 spiro atoms. The zero-order valence-electron chi connectivity index (χ0n) is 18.6. The van der Waals surface area contributed by atoms with Crippen LogP contribution in [0.15, 0.2) is 39.6 Å². The molecule has 0 radical (unpaired) electrons. The monoisotopic (exact) mass is 440 g/mol. The third-order valence-electron chi connectivity index (χ3n) is 6.30. The van der Waals surface area contributed by atoms with Crippen molar-refractivity contribution in [2.24, 2.45) is 5.92 Å². The molecule has 4 N–H and O–H groups in total. The van der Waals surface area contributed by atoms with Crippen LogP contribution in [-0.4, -0.2) is 38.7 Å². The number of benzene rings is 2. The van der Waals surface area contributed by atoms with Crippen molar-refractivity contribution in [2.75, 3.05) is 6.61 Å². The van der Waals surface area contributed by atoms with Gasteiger partial charge >= 0.3 is 0 Å². The standard InChI is InChI=1S/C25H28O7/c1-11(2)14-10-31-23-12(3)8-16-19(20(23)21(14)28)22(29)18-15(26)7-6-13(24(18)32-16)9-17(27)25(4,5)30/h6-8,14,17,21,26-28,30H,1,9-10H2,2-5H3/t14-,17+,21-/m1/s1. The van der Waals surface area contributed by atoms with Gasteiger partial charge in [-0.2, -0.15) is 0 Å². The van der Waals surface area contributed by atoms with Gasteiger partial charge in [0.2, 0.25) is 5.43 Å². The summed E-state index contributed by atoms with van der Waals surface area (Å²) in [5.74, 6) is -0.221. The maximum atomic E-state index is 13.6. The van der Waals surface area contributed by atoms with Gasteiger partial charge in [-0.1, -0.05) is 18.2 Å². The number of hydrogen-bond donors (Lipinski definition) is 4. The van der Waals surface area contributed by atoms with Gasteiger partial charge in [0.05, 0.1) is 29.8 Å². The maximum Gasteiger partial charge on any atom is 0.204 e. The summed E-state index contributed by atoms with van der Waals surface area (Å²) in [7, 11) is 0. The summed E-state index contributed by atoms with van der Waals surface area (Å²) in [5, 5.41) is 42.2. The van der Waals surface area contributed by atoms with E-state index in [4.69, 9.17) is 9.15 Å². The van der Waals surface area contributed by atoms with Crippen molar-refractivity contribution in [3.63, 3.8) is 0 Å². The van der Waals surface area contributed by atoms with Gasteiger partial charge in [0.1, 0.15) is 28.1 Å².